The van der Waals surface area contributed by atoms with Crippen molar-refractivity contribution in [3.8, 4) is 10.6 Å². The molecular formula is C14H17N3O2S. The van der Waals surface area contributed by atoms with Crippen LogP contribution in [0.4, 0.5) is 5.82 Å². The highest BCUT2D eigenvalue weighted by molar-refractivity contribution is 7.13. The van der Waals surface area contributed by atoms with Gasteiger partial charge in [-0.05, 0) is 11.4 Å². The van der Waals surface area contributed by atoms with Crippen molar-refractivity contribution in [2.45, 2.75) is 6.10 Å². The number of rotatable bonds is 4. The van der Waals surface area contributed by atoms with Gasteiger partial charge in [-0.2, -0.15) is 0 Å². The van der Waals surface area contributed by atoms with Gasteiger partial charge in [0.2, 0.25) is 0 Å². The molecule has 0 aromatic carbocycles. The van der Waals surface area contributed by atoms with Crippen molar-refractivity contribution in [3.63, 3.8) is 0 Å². The number of nitrogens with zero attached hydrogens (tertiary/aromatic N) is 3. The van der Waals surface area contributed by atoms with E-state index in [0.717, 1.165) is 29.5 Å². The summed E-state index contributed by atoms with van der Waals surface area (Å²) in [5, 5.41) is 2.05. The molecule has 3 rings (SSSR count). The van der Waals surface area contributed by atoms with Gasteiger partial charge >= 0.3 is 0 Å². The first-order valence-corrected chi connectivity index (χ1v) is 7.46. The molecule has 2 aromatic heterocycles. The van der Waals surface area contributed by atoms with E-state index < -0.39 is 0 Å². The molecule has 0 unspecified atom stereocenters. The van der Waals surface area contributed by atoms with E-state index in [4.69, 9.17) is 14.5 Å². The quantitative estimate of drug-likeness (QED) is 0.863. The molecule has 1 aliphatic heterocycles. The fourth-order valence-corrected chi connectivity index (χ4v) is 2.95. The molecule has 0 saturated carbocycles. The largest absolute Gasteiger partial charge is 0.382 e. The molecule has 0 bridgehead atoms. The number of thiophene rings is 1. The number of hydrogen-bond acceptors (Lipinski definition) is 6. The Morgan fingerprint density at radius 1 is 1.50 bits per heavy atom. The maximum atomic E-state index is 5.66. The lowest BCUT2D eigenvalue weighted by atomic mass is 10.3. The average molecular weight is 291 g/mol. The van der Waals surface area contributed by atoms with E-state index in [0.29, 0.717) is 13.2 Å². The van der Waals surface area contributed by atoms with Crippen LogP contribution < -0.4 is 4.90 Å². The van der Waals surface area contributed by atoms with Crippen molar-refractivity contribution in [2.75, 3.05) is 38.3 Å². The van der Waals surface area contributed by atoms with E-state index in [-0.39, 0.29) is 6.10 Å². The van der Waals surface area contributed by atoms with Gasteiger partial charge in [-0.15, -0.1) is 11.3 Å². The van der Waals surface area contributed by atoms with E-state index in [1.165, 1.54) is 0 Å². The number of anilines is 1. The molecule has 106 valence electrons. The van der Waals surface area contributed by atoms with Crippen LogP contribution in [-0.2, 0) is 9.47 Å². The Hall–Kier alpha value is -1.50. The SMILES string of the molecule is COC[C@@H]1CN(c2cncc(-c3cccs3)n2)CCO1. The molecule has 0 spiro atoms. The zero-order valence-electron chi connectivity index (χ0n) is 11.4. The van der Waals surface area contributed by atoms with E-state index in [9.17, 15) is 0 Å². The summed E-state index contributed by atoms with van der Waals surface area (Å²) in [7, 11) is 1.69. The van der Waals surface area contributed by atoms with Crippen LogP contribution in [0.15, 0.2) is 29.9 Å². The van der Waals surface area contributed by atoms with Crippen molar-refractivity contribution in [2.24, 2.45) is 0 Å². The second kappa shape index (κ2) is 6.30. The van der Waals surface area contributed by atoms with Crippen LogP contribution in [0.5, 0.6) is 0 Å². The molecule has 1 saturated heterocycles. The van der Waals surface area contributed by atoms with Gasteiger partial charge in [0.05, 0.1) is 36.6 Å². The molecule has 0 N–H and O–H groups in total. The van der Waals surface area contributed by atoms with E-state index >= 15 is 0 Å². The Morgan fingerprint density at radius 3 is 3.25 bits per heavy atom. The minimum absolute atomic E-state index is 0.0981. The maximum Gasteiger partial charge on any atom is 0.148 e. The van der Waals surface area contributed by atoms with Crippen molar-refractivity contribution in [1.29, 1.82) is 0 Å². The minimum atomic E-state index is 0.0981. The third-order valence-electron chi connectivity index (χ3n) is 3.21. The zero-order chi connectivity index (χ0) is 13.8. The predicted molar refractivity (Wildman–Crippen MR) is 79.2 cm³/mol. The van der Waals surface area contributed by atoms with Gasteiger partial charge in [0.1, 0.15) is 11.5 Å². The van der Waals surface area contributed by atoms with E-state index in [1.54, 1.807) is 18.4 Å². The van der Waals surface area contributed by atoms with Gasteiger partial charge in [-0.1, -0.05) is 6.07 Å². The van der Waals surface area contributed by atoms with E-state index in [1.807, 2.05) is 23.8 Å². The van der Waals surface area contributed by atoms with Gasteiger partial charge in [0, 0.05) is 20.2 Å². The number of aromatic nitrogens is 2. The molecule has 0 amide bonds. The fourth-order valence-electron chi connectivity index (χ4n) is 2.27. The summed E-state index contributed by atoms with van der Waals surface area (Å²) in [6, 6.07) is 4.09. The fraction of sp³-hybridized carbons (Fsp3) is 0.429. The minimum Gasteiger partial charge on any atom is -0.382 e. The summed E-state index contributed by atoms with van der Waals surface area (Å²) >= 11 is 1.67. The first-order chi connectivity index (χ1) is 9.86. The Kier molecular flexibility index (Phi) is 4.25. The molecule has 6 heteroatoms. The summed E-state index contributed by atoms with van der Waals surface area (Å²) in [4.78, 5) is 12.4. The van der Waals surface area contributed by atoms with Crippen molar-refractivity contribution in [1.82, 2.24) is 9.97 Å². The standard InChI is InChI=1S/C14H17N3O2S/c1-18-10-11-9-17(4-5-19-11)14-8-15-7-12(16-14)13-3-2-6-20-13/h2-3,6-8,11H,4-5,9-10H2,1H3/t11-/m0/s1. The second-order valence-electron chi connectivity index (χ2n) is 4.63. The van der Waals surface area contributed by atoms with Crippen LogP contribution in [0.1, 0.15) is 0 Å². The molecule has 0 radical (unpaired) electrons. The van der Waals surface area contributed by atoms with Gasteiger partial charge in [0.15, 0.2) is 0 Å². The third kappa shape index (κ3) is 2.98. The number of hydrogen-bond donors (Lipinski definition) is 0. The molecule has 3 heterocycles. The highest BCUT2D eigenvalue weighted by atomic mass is 32.1. The Morgan fingerprint density at radius 2 is 2.45 bits per heavy atom. The molecule has 1 fully saturated rings. The van der Waals surface area contributed by atoms with Crippen LogP contribution in [0.2, 0.25) is 0 Å². The smallest absolute Gasteiger partial charge is 0.148 e. The van der Waals surface area contributed by atoms with Crippen LogP contribution >= 0.6 is 11.3 Å². The van der Waals surface area contributed by atoms with Crippen LogP contribution in [0.3, 0.4) is 0 Å². The average Bonchev–Trinajstić information content (AvgIpc) is 3.02. The first kappa shape index (κ1) is 13.5. The third-order valence-corrected chi connectivity index (χ3v) is 4.10. The molecule has 0 aliphatic carbocycles. The Bertz CT molecular complexity index is 545. The molecule has 20 heavy (non-hydrogen) atoms. The van der Waals surface area contributed by atoms with Crippen molar-refractivity contribution < 1.29 is 9.47 Å². The van der Waals surface area contributed by atoms with Crippen LogP contribution in [0, 0.1) is 0 Å². The monoisotopic (exact) mass is 291 g/mol. The van der Waals surface area contributed by atoms with Crippen molar-refractivity contribution >= 4 is 17.2 Å². The molecule has 1 aliphatic rings. The molecule has 1 atom stereocenters. The van der Waals surface area contributed by atoms with Gasteiger partial charge in [0.25, 0.3) is 0 Å². The summed E-state index contributed by atoms with van der Waals surface area (Å²) in [6.45, 7) is 2.92. The van der Waals surface area contributed by atoms with E-state index in [2.05, 4.69) is 16.0 Å². The number of methoxy groups -OCH3 is 1. The highest BCUT2D eigenvalue weighted by Crippen LogP contribution is 2.24. The van der Waals surface area contributed by atoms with Gasteiger partial charge in [-0.3, -0.25) is 4.98 Å². The van der Waals surface area contributed by atoms with Crippen LogP contribution in [0.25, 0.3) is 10.6 Å². The van der Waals surface area contributed by atoms with Crippen molar-refractivity contribution in [3.05, 3.63) is 29.9 Å². The summed E-state index contributed by atoms with van der Waals surface area (Å²) in [6.07, 6.45) is 3.72. The van der Waals surface area contributed by atoms with Gasteiger partial charge < -0.3 is 14.4 Å². The number of morpholine rings is 1. The first-order valence-electron chi connectivity index (χ1n) is 6.58. The second-order valence-corrected chi connectivity index (χ2v) is 5.58. The lowest BCUT2D eigenvalue weighted by molar-refractivity contribution is -0.0102. The molecule has 2 aromatic rings. The summed E-state index contributed by atoms with van der Waals surface area (Å²) in [5.74, 6) is 0.903. The van der Waals surface area contributed by atoms with Gasteiger partial charge in [-0.25, -0.2) is 4.98 Å². The topological polar surface area (TPSA) is 47.5 Å². The number of ether oxygens (including phenoxy) is 2. The maximum absolute atomic E-state index is 5.66. The summed E-state index contributed by atoms with van der Waals surface area (Å²) < 4.78 is 10.8. The lowest BCUT2D eigenvalue weighted by Crippen LogP contribution is -2.44. The normalized spacial score (nSPS) is 19.2. The molecule has 5 nitrogen and oxygen atoms in total. The lowest BCUT2D eigenvalue weighted by Gasteiger charge is -2.33. The highest BCUT2D eigenvalue weighted by Gasteiger charge is 2.21. The Labute approximate surface area is 122 Å². The Balaban J connectivity index is 1.78. The zero-order valence-corrected chi connectivity index (χ0v) is 12.2. The van der Waals surface area contributed by atoms with Crippen LogP contribution in [-0.4, -0.2) is 49.5 Å². The molecular weight excluding hydrogens is 274 g/mol. The predicted octanol–water partition coefficient (Wildman–Crippen LogP) is 2.06. The summed E-state index contributed by atoms with van der Waals surface area (Å²) in [5.41, 5.74) is 0.923.